The average Bonchev–Trinajstić information content (AvgIpc) is 2.73. The van der Waals surface area contributed by atoms with Crippen LogP contribution in [0.4, 0.5) is 0 Å². The molecule has 30 heavy (non-hydrogen) atoms. The summed E-state index contributed by atoms with van der Waals surface area (Å²) in [6, 6.07) is 12.7. The molecular weight excluding hydrogens is 400 g/mol. The maximum atomic E-state index is 13.4. The van der Waals surface area contributed by atoms with Crippen molar-refractivity contribution < 1.29 is 8.42 Å². The predicted octanol–water partition coefficient (Wildman–Crippen LogP) is 3.24. The second kappa shape index (κ2) is 7.21. The Morgan fingerprint density at radius 2 is 1.83 bits per heavy atom. The molecule has 3 heterocycles. The summed E-state index contributed by atoms with van der Waals surface area (Å²) in [5.74, 6) is 0. The summed E-state index contributed by atoms with van der Waals surface area (Å²) in [7, 11) is -4.00. The maximum Gasteiger partial charge on any atom is 0.267 e. The summed E-state index contributed by atoms with van der Waals surface area (Å²) in [4.78, 5) is 17.7. The lowest BCUT2D eigenvalue weighted by Crippen LogP contribution is -2.31. The first-order valence-corrected chi connectivity index (χ1v) is 11.2. The molecule has 3 aromatic heterocycles. The van der Waals surface area contributed by atoms with Crippen LogP contribution in [0.2, 0.25) is 0 Å². The first-order chi connectivity index (χ1) is 14.3. The van der Waals surface area contributed by atoms with Gasteiger partial charge in [0.2, 0.25) is 9.84 Å². The lowest BCUT2D eigenvalue weighted by atomic mass is 10.2. The summed E-state index contributed by atoms with van der Waals surface area (Å²) in [6.07, 6.45) is 2.25. The number of fused-ring (bicyclic) bond motifs is 2. The van der Waals surface area contributed by atoms with Gasteiger partial charge in [0.1, 0.15) is 21.7 Å². The van der Waals surface area contributed by atoms with Crippen molar-refractivity contribution in [3.05, 3.63) is 76.1 Å². The molecule has 0 saturated heterocycles. The van der Waals surface area contributed by atoms with Crippen LogP contribution in [0.15, 0.2) is 69.3 Å². The first-order valence-electron chi connectivity index (χ1n) is 9.68. The maximum absolute atomic E-state index is 13.4. The van der Waals surface area contributed by atoms with Crippen molar-refractivity contribution in [3.63, 3.8) is 0 Å². The van der Waals surface area contributed by atoms with Crippen LogP contribution in [0.5, 0.6) is 0 Å². The number of nitrogens with one attached hydrogen (secondary N) is 1. The van der Waals surface area contributed by atoms with Crippen molar-refractivity contribution in [1.29, 1.82) is 5.41 Å². The van der Waals surface area contributed by atoms with E-state index in [2.05, 4.69) is 4.98 Å². The summed E-state index contributed by atoms with van der Waals surface area (Å²) < 4.78 is 29.7. The van der Waals surface area contributed by atoms with Gasteiger partial charge in [-0.15, -0.1) is 0 Å². The van der Waals surface area contributed by atoms with E-state index >= 15 is 0 Å². The van der Waals surface area contributed by atoms with Gasteiger partial charge in [-0.2, -0.15) is 0 Å². The average molecular weight is 423 g/mol. The predicted molar refractivity (Wildman–Crippen MR) is 114 cm³/mol. The summed E-state index contributed by atoms with van der Waals surface area (Å²) in [5, 5.41) is 8.89. The number of hydrogen-bond acceptors (Lipinski definition) is 5. The summed E-state index contributed by atoms with van der Waals surface area (Å²) >= 11 is 0. The van der Waals surface area contributed by atoms with E-state index in [1.807, 2.05) is 20.8 Å². The lowest BCUT2D eigenvalue weighted by molar-refractivity contribution is 0.508. The van der Waals surface area contributed by atoms with Gasteiger partial charge in [-0.25, -0.2) is 13.4 Å². The highest BCUT2D eigenvalue weighted by Gasteiger charge is 2.25. The number of aromatic nitrogens is 3. The molecule has 0 aliphatic heterocycles. The van der Waals surface area contributed by atoms with Gasteiger partial charge in [0.15, 0.2) is 0 Å². The Hall–Kier alpha value is -3.26. The van der Waals surface area contributed by atoms with Gasteiger partial charge in [0.05, 0.1) is 10.3 Å². The largest absolute Gasteiger partial charge is 0.307 e. The molecule has 154 valence electrons. The molecule has 0 spiro atoms. The Morgan fingerprint density at radius 3 is 2.50 bits per heavy atom. The van der Waals surface area contributed by atoms with Gasteiger partial charge < -0.3 is 4.57 Å². The third-order valence-corrected chi connectivity index (χ3v) is 7.16. The Kier molecular flexibility index (Phi) is 4.82. The van der Waals surface area contributed by atoms with Crippen LogP contribution >= 0.6 is 0 Å². The fourth-order valence-corrected chi connectivity index (χ4v) is 4.86. The molecule has 4 rings (SSSR count). The molecule has 0 amide bonds. The number of aryl methyl sites for hydroxylation is 1. The normalized spacial score (nSPS) is 13.0. The zero-order chi connectivity index (χ0) is 21.6. The van der Waals surface area contributed by atoms with Crippen LogP contribution < -0.4 is 11.0 Å². The molecule has 0 aliphatic carbocycles. The molecule has 4 aromatic rings. The Bertz CT molecular complexity index is 1500. The number of rotatable bonds is 4. The van der Waals surface area contributed by atoms with Gasteiger partial charge in [0.25, 0.3) is 5.56 Å². The van der Waals surface area contributed by atoms with E-state index < -0.39 is 9.84 Å². The van der Waals surface area contributed by atoms with Crippen LogP contribution in [0.25, 0.3) is 16.7 Å². The standard InChI is InChI=1S/C22H22N4O3S/c1-4-15(3)26-20(23)18(30(28,29)16-10-8-14(2)9-11-16)13-17-21(26)24-19-7-5-6-12-25(19)22(17)27/h5-13,15,23H,4H2,1-3H3/t15-/m1/s1. The molecule has 0 saturated carbocycles. The number of benzene rings is 1. The molecule has 0 bridgehead atoms. The molecule has 1 N–H and O–H groups in total. The first kappa shape index (κ1) is 20.0. The molecule has 0 radical (unpaired) electrons. The number of nitrogens with zero attached hydrogens (tertiary/aromatic N) is 3. The van der Waals surface area contributed by atoms with E-state index in [1.54, 1.807) is 41.1 Å². The van der Waals surface area contributed by atoms with Crippen molar-refractivity contribution in [2.45, 2.75) is 43.0 Å². The fourth-order valence-electron chi connectivity index (χ4n) is 3.49. The van der Waals surface area contributed by atoms with Crippen LogP contribution in [-0.4, -0.2) is 22.4 Å². The number of pyridine rings is 2. The van der Waals surface area contributed by atoms with E-state index in [9.17, 15) is 13.2 Å². The third kappa shape index (κ3) is 3.04. The highest BCUT2D eigenvalue weighted by molar-refractivity contribution is 7.91. The van der Waals surface area contributed by atoms with Crippen molar-refractivity contribution >= 4 is 26.5 Å². The third-order valence-electron chi connectivity index (χ3n) is 5.38. The molecular formula is C22H22N4O3S. The Balaban J connectivity index is 2.16. The van der Waals surface area contributed by atoms with Crippen molar-refractivity contribution in [1.82, 2.24) is 14.0 Å². The molecule has 0 fully saturated rings. The van der Waals surface area contributed by atoms with Gasteiger partial charge >= 0.3 is 0 Å². The van der Waals surface area contributed by atoms with Gasteiger partial charge in [-0.1, -0.05) is 30.7 Å². The van der Waals surface area contributed by atoms with Crippen LogP contribution in [-0.2, 0) is 9.84 Å². The SMILES string of the molecule is CC[C@@H](C)n1c(=N)c(S(=O)(=O)c2ccc(C)cc2)cc2c(=O)n3ccccc3nc21. The minimum Gasteiger partial charge on any atom is -0.307 e. The topological polar surface area (TPSA) is 97.3 Å². The Labute approximate surface area is 173 Å². The number of hydrogen-bond donors (Lipinski definition) is 1. The number of sulfone groups is 1. The highest BCUT2D eigenvalue weighted by atomic mass is 32.2. The van der Waals surface area contributed by atoms with Crippen molar-refractivity contribution in [3.8, 4) is 0 Å². The van der Waals surface area contributed by atoms with E-state index in [0.717, 1.165) is 5.56 Å². The molecule has 8 heteroatoms. The molecule has 1 atom stereocenters. The highest BCUT2D eigenvalue weighted by Crippen LogP contribution is 2.23. The van der Waals surface area contributed by atoms with Crippen LogP contribution in [0.1, 0.15) is 31.9 Å². The van der Waals surface area contributed by atoms with Gasteiger partial charge in [-0.05, 0) is 50.6 Å². The fraction of sp³-hybridized carbons (Fsp3) is 0.227. The van der Waals surface area contributed by atoms with Gasteiger partial charge in [0, 0.05) is 12.2 Å². The van der Waals surface area contributed by atoms with E-state index in [0.29, 0.717) is 17.7 Å². The molecule has 0 unspecified atom stereocenters. The summed E-state index contributed by atoms with van der Waals surface area (Å²) in [6.45, 7) is 5.70. The van der Waals surface area contributed by atoms with E-state index in [4.69, 9.17) is 5.41 Å². The van der Waals surface area contributed by atoms with Crippen molar-refractivity contribution in [2.24, 2.45) is 0 Å². The van der Waals surface area contributed by atoms with Gasteiger partial charge in [-0.3, -0.25) is 14.6 Å². The minimum atomic E-state index is -4.00. The molecule has 1 aromatic carbocycles. The zero-order valence-corrected chi connectivity index (χ0v) is 17.8. The molecule has 0 aliphatic rings. The zero-order valence-electron chi connectivity index (χ0n) is 17.0. The second-order valence-electron chi connectivity index (χ2n) is 7.38. The monoisotopic (exact) mass is 422 g/mol. The Morgan fingerprint density at radius 1 is 1.13 bits per heavy atom. The van der Waals surface area contributed by atoms with E-state index in [1.165, 1.54) is 22.6 Å². The quantitative estimate of drug-likeness (QED) is 0.511. The van der Waals surface area contributed by atoms with Crippen molar-refractivity contribution in [2.75, 3.05) is 0 Å². The lowest BCUT2D eigenvalue weighted by Gasteiger charge is -2.19. The van der Waals surface area contributed by atoms with Crippen LogP contribution in [0, 0.1) is 12.3 Å². The second-order valence-corrected chi connectivity index (χ2v) is 9.30. The van der Waals surface area contributed by atoms with E-state index in [-0.39, 0.29) is 32.3 Å². The molecule has 7 nitrogen and oxygen atoms in total. The smallest absolute Gasteiger partial charge is 0.267 e. The van der Waals surface area contributed by atoms with Crippen LogP contribution in [0.3, 0.4) is 0 Å². The summed E-state index contributed by atoms with van der Waals surface area (Å²) in [5.41, 5.74) is 1.15. The minimum absolute atomic E-state index is 0.0884.